The largest absolute Gasteiger partial charge is 0.435 e. The van der Waals surface area contributed by atoms with E-state index in [4.69, 9.17) is 19.4 Å². The fourth-order valence-corrected chi connectivity index (χ4v) is 4.64. The van der Waals surface area contributed by atoms with Gasteiger partial charge in [0, 0.05) is 27.6 Å². The van der Waals surface area contributed by atoms with Crippen molar-refractivity contribution in [2.75, 3.05) is 0 Å². The van der Waals surface area contributed by atoms with Crippen LogP contribution in [0.5, 0.6) is 0 Å². The molecule has 0 fully saturated rings. The lowest BCUT2D eigenvalue weighted by Gasteiger charge is -2.10. The second-order valence-electron chi connectivity index (χ2n) is 8.93. The second-order valence-corrected chi connectivity index (χ2v) is 8.93. The van der Waals surface area contributed by atoms with Crippen molar-refractivity contribution in [2.45, 2.75) is 0 Å². The maximum atomic E-state index is 6.29. The van der Waals surface area contributed by atoms with Crippen molar-refractivity contribution in [2.24, 2.45) is 0 Å². The van der Waals surface area contributed by atoms with Gasteiger partial charge in [0.15, 0.2) is 11.4 Å². The molecule has 2 heterocycles. The third-order valence-corrected chi connectivity index (χ3v) is 6.52. The molecule has 0 aliphatic heterocycles. The molecule has 0 saturated carbocycles. The fraction of sp³-hybridized carbons (Fsp3) is 0. The maximum absolute atomic E-state index is 6.29. The molecular weight excluding hydrogens is 454 g/mol. The van der Waals surface area contributed by atoms with Gasteiger partial charge >= 0.3 is 0 Å². The van der Waals surface area contributed by atoms with E-state index in [0.29, 0.717) is 11.7 Å². The Bertz CT molecular complexity index is 1800. The predicted octanol–water partition coefficient (Wildman–Crippen LogP) is 8.44. The van der Waals surface area contributed by atoms with Crippen molar-refractivity contribution in [3.8, 4) is 45.4 Å². The van der Waals surface area contributed by atoms with Gasteiger partial charge in [-0.2, -0.15) is 0 Å². The molecule has 0 saturated heterocycles. The molecule has 0 N–H and O–H groups in total. The SMILES string of the molecule is c1ccc(-c2cc(-c3ccccc3)nc(-c3ccc4ccc5nc(-c6ccccc6)oc5c4c3)n2)cc1. The molecule has 5 aromatic carbocycles. The second kappa shape index (κ2) is 8.85. The topological polar surface area (TPSA) is 51.8 Å². The molecule has 0 amide bonds. The highest BCUT2D eigenvalue weighted by molar-refractivity contribution is 6.05. The zero-order chi connectivity index (χ0) is 24.6. The highest BCUT2D eigenvalue weighted by Gasteiger charge is 2.14. The van der Waals surface area contributed by atoms with Gasteiger partial charge in [-0.05, 0) is 35.7 Å². The number of fused-ring (bicyclic) bond motifs is 3. The van der Waals surface area contributed by atoms with Crippen molar-refractivity contribution >= 4 is 21.9 Å². The van der Waals surface area contributed by atoms with Gasteiger partial charge in [0.05, 0.1) is 11.4 Å². The van der Waals surface area contributed by atoms with Crippen LogP contribution in [0, 0.1) is 0 Å². The summed E-state index contributed by atoms with van der Waals surface area (Å²) < 4.78 is 6.29. The predicted molar refractivity (Wildman–Crippen MR) is 149 cm³/mol. The third-order valence-electron chi connectivity index (χ3n) is 6.52. The van der Waals surface area contributed by atoms with Crippen LogP contribution in [0.3, 0.4) is 0 Å². The fourth-order valence-electron chi connectivity index (χ4n) is 4.64. The van der Waals surface area contributed by atoms with Crippen molar-refractivity contribution < 1.29 is 4.42 Å². The maximum Gasteiger partial charge on any atom is 0.227 e. The summed E-state index contributed by atoms with van der Waals surface area (Å²) in [6.45, 7) is 0. The molecule has 0 atom stereocenters. The molecule has 4 nitrogen and oxygen atoms in total. The van der Waals surface area contributed by atoms with Crippen LogP contribution in [0.1, 0.15) is 0 Å². The van der Waals surface area contributed by atoms with Crippen LogP contribution >= 0.6 is 0 Å². The van der Waals surface area contributed by atoms with Crippen LogP contribution < -0.4 is 0 Å². The Morgan fingerprint density at radius 2 is 1.03 bits per heavy atom. The van der Waals surface area contributed by atoms with Gasteiger partial charge in [0.2, 0.25) is 5.89 Å². The van der Waals surface area contributed by atoms with Gasteiger partial charge in [-0.3, -0.25) is 0 Å². The lowest BCUT2D eigenvalue weighted by atomic mass is 10.0. The van der Waals surface area contributed by atoms with Crippen molar-refractivity contribution in [1.29, 1.82) is 0 Å². The Morgan fingerprint density at radius 1 is 0.459 bits per heavy atom. The number of hydrogen-bond donors (Lipinski definition) is 0. The highest BCUT2D eigenvalue weighted by Crippen LogP contribution is 2.33. The molecule has 0 radical (unpaired) electrons. The summed E-state index contributed by atoms with van der Waals surface area (Å²) >= 11 is 0. The molecule has 37 heavy (non-hydrogen) atoms. The molecule has 0 aliphatic carbocycles. The van der Waals surface area contributed by atoms with Crippen LogP contribution in [0.15, 0.2) is 132 Å². The third kappa shape index (κ3) is 3.95. The monoisotopic (exact) mass is 475 g/mol. The van der Waals surface area contributed by atoms with Crippen LogP contribution in [-0.4, -0.2) is 15.0 Å². The van der Waals surface area contributed by atoms with E-state index in [1.165, 1.54) is 0 Å². The van der Waals surface area contributed by atoms with Crippen LogP contribution in [0.25, 0.3) is 67.2 Å². The van der Waals surface area contributed by atoms with Gasteiger partial charge in [-0.25, -0.2) is 15.0 Å². The number of rotatable bonds is 4. The molecule has 2 aromatic heterocycles. The van der Waals surface area contributed by atoms with Crippen LogP contribution in [0.2, 0.25) is 0 Å². The Kier molecular flexibility index (Phi) is 5.07. The lowest BCUT2D eigenvalue weighted by molar-refractivity contribution is 0.623. The Hall–Kier alpha value is -5.09. The normalized spacial score (nSPS) is 11.2. The zero-order valence-corrected chi connectivity index (χ0v) is 19.9. The molecule has 0 unspecified atom stereocenters. The summed E-state index contributed by atoms with van der Waals surface area (Å²) in [5, 5.41) is 2.06. The Morgan fingerprint density at radius 3 is 1.65 bits per heavy atom. The van der Waals surface area contributed by atoms with Gasteiger partial charge < -0.3 is 4.42 Å². The van der Waals surface area contributed by atoms with Gasteiger partial charge in [-0.15, -0.1) is 0 Å². The van der Waals surface area contributed by atoms with E-state index in [2.05, 4.69) is 54.6 Å². The van der Waals surface area contributed by atoms with E-state index >= 15 is 0 Å². The molecule has 0 spiro atoms. The summed E-state index contributed by atoms with van der Waals surface area (Å²) in [5.41, 5.74) is 7.33. The van der Waals surface area contributed by atoms with E-state index in [9.17, 15) is 0 Å². The van der Waals surface area contributed by atoms with Crippen molar-refractivity contribution in [1.82, 2.24) is 15.0 Å². The first-order valence-electron chi connectivity index (χ1n) is 12.2. The summed E-state index contributed by atoms with van der Waals surface area (Å²) in [6.07, 6.45) is 0. The lowest BCUT2D eigenvalue weighted by Crippen LogP contribution is -1.96. The molecule has 174 valence electrons. The summed E-state index contributed by atoms with van der Waals surface area (Å²) in [4.78, 5) is 14.7. The smallest absolute Gasteiger partial charge is 0.227 e. The van der Waals surface area contributed by atoms with E-state index < -0.39 is 0 Å². The molecule has 0 bridgehead atoms. The van der Waals surface area contributed by atoms with Gasteiger partial charge in [-0.1, -0.05) is 97.1 Å². The first-order chi connectivity index (χ1) is 18.3. The number of benzene rings is 5. The van der Waals surface area contributed by atoms with E-state index in [-0.39, 0.29) is 0 Å². The molecule has 4 heteroatoms. The van der Waals surface area contributed by atoms with Crippen LogP contribution in [-0.2, 0) is 0 Å². The van der Waals surface area contributed by atoms with E-state index in [0.717, 1.165) is 55.5 Å². The molecule has 7 rings (SSSR count). The summed E-state index contributed by atoms with van der Waals surface area (Å²) in [7, 11) is 0. The first-order valence-corrected chi connectivity index (χ1v) is 12.2. The Labute approximate surface area is 213 Å². The Balaban J connectivity index is 1.42. The minimum absolute atomic E-state index is 0.613. The standard InChI is InChI=1S/C33H21N3O/c1-4-10-23(11-5-1)29-21-30(24-12-6-2-7-13-24)35-32(34-29)26-17-16-22-18-19-28-31(27(22)20-26)37-33(36-28)25-14-8-3-9-15-25/h1-21H. The number of nitrogens with zero attached hydrogens (tertiary/aromatic N) is 3. The van der Waals surface area contributed by atoms with Crippen molar-refractivity contribution in [3.05, 3.63) is 127 Å². The average Bonchev–Trinajstić information content (AvgIpc) is 3.43. The quantitative estimate of drug-likeness (QED) is 0.256. The summed E-state index contributed by atoms with van der Waals surface area (Å²) in [6, 6.07) is 42.8. The van der Waals surface area contributed by atoms with Gasteiger partial charge in [0.25, 0.3) is 0 Å². The first kappa shape index (κ1) is 21.2. The van der Waals surface area contributed by atoms with E-state index in [1.54, 1.807) is 0 Å². The minimum Gasteiger partial charge on any atom is -0.435 e. The summed E-state index contributed by atoms with van der Waals surface area (Å²) in [5.74, 6) is 1.28. The number of hydrogen-bond acceptors (Lipinski definition) is 4. The number of oxazole rings is 1. The molecular formula is C33H21N3O. The van der Waals surface area contributed by atoms with Gasteiger partial charge in [0.1, 0.15) is 5.52 Å². The van der Waals surface area contributed by atoms with Crippen molar-refractivity contribution in [3.63, 3.8) is 0 Å². The molecule has 7 aromatic rings. The zero-order valence-electron chi connectivity index (χ0n) is 19.9. The van der Waals surface area contributed by atoms with E-state index in [1.807, 2.05) is 72.8 Å². The van der Waals surface area contributed by atoms with Crippen LogP contribution in [0.4, 0.5) is 0 Å². The highest BCUT2D eigenvalue weighted by atomic mass is 16.3. The molecule has 0 aliphatic rings. The average molecular weight is 476 g/mol. The number of aromatic nitrogens is 3. The minimum atomic E-state index is 0.613.